The molecule has 0 saturated carbocycles. The Morgan fingerprint density at radius 1 is 1.25 bits per heavy atom. The number of ketones is 1. The fourth-order valence-electron chi connectivity index (χ4n) is 2.70. The van der Waals surface area contributed by atoms with E-state index in [1.165, 1.54) is 0 Å². The van der Waals surface area contributed by atoms with Crippen molar-refractivity contribution in [3.8, 4) is 0 Å². The van der Waals surface area contributed by atoms with Crippen LogP contribution in [0.25, 0.3) is 0 Å². The van der Waals surface area contributed by atoms with Crippen LogP contribution in [-0.2, 0) is 9.59 Å². The standard InChI is InChI=1S/C16H30N2O2.H2/c1-4-15(19)8-6-5-7-9-16(20)18-11-10-14(12-18)17-13(2)3;/h13-14,17H,4-12H2,1-3H3;1H. The monoisotopic (exact) mass is 284 g/mol. The first-order chi connectivity index (χ1) is 9.52. The van der Waals surface area contributed by atoms with Gasteiger partial charge in [0.15, 0.2) is 0 Å². The highest BCUT2D eigenvalue weighted by molar-refractivity contribution is 5.78. The zero-order valence-corrected chi connectivity index (χ0v) is 13.3. The topological polar surface area (TPSA) is 49.4 Å². The number of hydrogen-bond acceptors (Lipinski definition) is 3. The minimum Gasteiger partial charge on any atom is -0.341 e. The van der Waals surface area contributed by atoms with Crippen LogP contribution in [0.5, 0.6) is 0 Å². The fraction of sp³-hybridized carbons (Fsp3) is 0.875. The Hall–Kier alpha value is -0.900. The van der Waals surface area contributed by atoms with Crippen molar-refractivity contribution in [2.75, 3.05) is 13.1 Å². The molecule has 1 heterocycles. The van der Waals surface area contributed by atoms with E-state index in [4.69, 9.17) is 0 Å². The molecular formula is C16H32N2O2. The van der Waals surface area contributed by atoms with Gasteiger partial charge in [-0.2, -0.15) is 0 Å². The summed E-state index contributed by atoms with van der Waals surface area (Å²) in [6.07, 6.45) is 5.83. The molecule has 20 heavy (non-hydrogen) atoms. The second-order valence-corrected chi connectivity index (χ2v) is 6.10. The van der Waals surface area contributed by atoms with Gasteiger partial charge in [0.05, 0.1) is 0 Å². The molecule has 1 unspecified atom stereocenters. The summed E-state index contributed by atoms with van der Waals surface area (Å²) in [5.74, 6) is 0.610. The van der Waals surface area contributed by atoms with Gasteiger partial charge in [0, 0.05) is 45.9 Å². The van der Waals surface area contributed by atoms with Crippen molar-refractivity contribution >= 4 is 11.7 Å². The van der Waals surface area contributed by atoms with Crippen LogP contribution >= 0.6 is 0 Å². The number of hydrogen-bond donors (Lipinski definition) is 1. The first-order valence-corrected chi connectivity index (χ1v) is 8.08. The molecule has 1 amide bonds. The van der Waals surface area contributed by atoms with E-state index >= 15 is 0 Å². The van der Waals surface area contributed by atoms with Gasteiger partial charge in [-0.05, 0) is 19.3 Å². The van der Waals surface area contributed by atoms with E-state index in [0.29, 0.717) is 37.1 Å². The zero-order valence-electron chi connectivity index (χ0n) is 13.3. The van der Waals surface area contributed by atoms with Crippen molar-refractivity contribution in [1.29, 1.82) is 0 Å². The maximum atomic E-state index is 12.1. The van der Waals surface area contributed by atoms with Crippen LogP contribution in [0.3, 0.4) is 0 Å². The SMILES string of the molecule is CCC(=O)CCCCCC(=O)N1CCC(NC(C)C)C1.[HH]. The number of nitrogens with zero attached hydrogens (tertiary/aromatic N) is 1. The molecule has 1 aliphatic heterocycles. The van der Waals surface area contributed by atoms with Crippen molar-refractivity contribution in [2.45, 2.75) is 77.8 Å². The molecule has 1 fully saturated rings. The van der Waals surface area contributed by atoms with Gasteiger partial charge in [-0.15, -0.1) is 0 Å². The number of nitrogens with one attached hydrogen (secondary N) is 1. The van der Waals surface area contributed by atoms with Crippen molar-refractivity contribution in [3.05, 3.63) is 0 Å². The van der Waals surface area contributed by atoms with Gasteiger partial charge in [-0.25, -0.2) is 0 Å². The highest BCUT2D eigenvalue weighted by atomic mass is 16.2. The van der Waals surface area contributed by atoms with Gasteiger partial charge in [0.25, 0.3) is 0 Å². The normalized spacial score (nSPS) is 18.8. The van der Waals surface area contributed by atoms with Gasteiger partial charge in [0.2, 0.25) is 5.91 Å². The van der Waals surface area contributed by atoms with Crippen molar-refractivity contribution in [3.63, 3.8) is 0 Å². The molecule has 4 heteroatoms. The first kappa shape index (κ1) is 17.2. The third kappa shape index (κ3) is 6.51. The Labute approximate surface area is 124 Å². The third-order valence-electron chi connectivity index (χ3n) is 3.85. The molecule has 0 spiro atoms. The fourth-order valence-corrected chi connectivity index (χ4v) is 2.70. The lowest BCUT2D eigenvalue weighted by Gasteiger charge is -2.18. The van der Waals surface area contributed by atoms with E-state index in [1.807, 2.05) is 11.8 Å². The van der Waals surface area contributed by atoms with Crippen molar-refractivity contribution in [1.82, 2.24) is 10.2 Å². The molecule has 0 aromatic rings. The molecule has 1 saturated heterocycles. The van der Waals surface area contributed by atoms with Crippen LogP contribution in [0, 0.1) is 0 Å². The zero-order chi connectivity index (χ0) is 15.0. The molecule has 118 valence electrons. The van der Waals surface area contributed by atoms with Crippen LogP contribution in [0.2, 0.25) is 0 Å². The maximum Gasteiger partial charge on any atom is 0.222 e. The van der Waals surface area contributed by atoms with Gasteiger partial charge in [-0.1, -0.05) is 27.2 Å². The highest BCUT2D eigenvalue weighted by Crippen LogP contribution is 2.13. The predicted molar refractivity (Wildman–Crippen MR) is 83.8 cm³/mol. The number of likely N-dealkylation sites (tertiary alicyclic amines) is 1. The molecule has 1 aliphatic rings. The number of unbranched alkanes of at least 4 members (excludes halogenated alkanes) is 2. The minimum atomic E-state index is 0. The average Bonchev–Trinajstić information content (AvgIpc) is 2.85. The summed E-state index contributed by atoms with van der Waals surface area (Å²) < 4.78 is 0. The molecule has 1 atom stereocenters. The van der Waals surface area contributed by atoms with E-state index in [-0.39, 0.29) is 7.33 Å². The molecular weight excluding hydrogens is 252 g/mol. The number of carbonyl (C=O) groups is 2. The number of rotatable bonds is 9. The summed E-state index contributed by atoms with van der Waals surface area (Å²) in [6.45, 7) is 7.92. The Bertz CT molecular complexity index is 321. The number of amides is 1. The van der Waals surface area contributed by atoms with E-state index in [1.54, 1.807) is 0 Å². The second kappa shape index (κ2) is 9.11. The van der Waals surface area contributed by atoms with E-state index in [9.17, 15) is 9.59 Å². The minimum absolute atomic E-state index is 0. The Balaban J connectivity index is 0.00000400. The number of Topliss-reactive ketones (excluding diaryl/α,β-unsaturated/α-hetero) is 1. The van der Waals surface area contributed by atoms with Crippen LogP contribution in [0.1, 0.15) is 67.1 Å². The first-order valence-electron chi connectivity index (χ1n) is 8.08. The lowest BCUT2D eigenvalue weighted by molar-refractivity contribution is -0.130. The van der Waals surface area contributed by atoms with E-state index < -0.39 is 0 Å². The summed E-state index contributed by atoms with van der Waals surface area (Å²) in [4.78, 5) is 25.2. The Morgan fingerprint density at radius 2 is 1.95 bits per heavy atom. The van der Waals surface area contributed by atoms with Crippen LogP contribution in [0.4, 0.5) is 0 Å². The molecule has 0 aromatic carbocycles. The van der Waals surface area contributed by atoms with Gasteiger partial charge in [0.1, 0.15) is 5.78 Å². The van der Waals surface area contributed by atoms with Crippen molar-refractivity contribution in [2.24, 2.45) is 0 Å². The summed E-state index contributed by atoms with van der Waals surface area (Å²) in [5.41, 5.74) is 0. The lowest BCUT2D eigenvalue weighted by atomic mass is 10.1. The predicted octanol–water partition coefficient (Wildman–Crippen LogP) is 2.76. The maximum absolute atomic E-state index is 12.1. The Morgan fingerprint density at radius 3 is 2.60 bits per heavy atom. The van der Waals surface area contributed by atoms with E-state index in [2.05, 4.69) is 19.2 Å². The summed E-state index contributed by atoms with van der Waals surface area (Å²) >= 11 is 0. The summed E-state index contributed by atoms with van der Waals surface area (Å²) in [5, 5.41) is 3.49. The lowest BCUT2D eigenvalue weighted by Crippen LogP contribution is -2.38. The quantitative estimate of drug-likeness (QED) is 0.662. The molecule has 0 aromatic heterocycles. The molecule has 1 rings (SSSR count). The van der Waals surface area contributed by atoms with E-state index in [0.717, 1.165) is 38.8 Å². The van der Waals surface area contributed by atoms with Gasteiger partial charge >= 0.3 is 0 Å². The van der Waals surface area contributed by atoms with Gasteiger partial charge in [-0.3, -0.25) is 9.59 Å². The van der Waals surface area contributed by atoms with Crippen molar-refractivity contribution < 1.29 is 11.0 Å². The average molecular weight is 284 g/mol. The molecule has 0 bridgehead atoms. The molecule has 1 N–H and O–H groups in total. The number of carbonyl (C=O) groups excluding carboxylic acids is 2. The smallest absolute Gasteiger partial charge is 0.222 e. The van der Waals surface area contributed by atoms with Crippen LogP contribution in [-0.4, -0.2) is 41.8 Å². The summed E-state index contributed by atoms with van der Waals surface area (Å²) in [7, 11) is 0. The van der Waals surface area contributed by atoms with Gasteiger partial charge < -0.3 is 10.2 Å². The molecule has 0 aliphatic carbocycles. The summed E-state index contributed by atoms with van der Waals surface area (Å²) in [6, 6.07) is 0.937. The highest BCUT2D eigenvalue weighted by Gasteiger charge is 2.25. The largest absolute Gasteiger partial charge is 0.341 e. The van der Waals surface area contributed by atoms with Crippen LogP contribution < -0.4 is 5.32 Å². The third-order valence-corrected chi connectivity index (χ3v) is 3.85. The molecule has 0 radical (unpaired) electrons. The van der Waals surface area contributed by atoms with Crippen LogP contribution in [0.15, 0.2) is 0 Å². The molecule has 4 nitrogen and oxygen atoms in total. The second-order valence-electron chi connectivity index (χ2n) is 6.10. The Kier molecular flexibility index (Phi) is 7.82.